The molecule has 0 fully saturated rings. The first-order chi connectivity index (χ1) is 6.74. The minimum atomic E-state index is 0.721. The first-order valence-corrected chi connectivity index (χ1v) is 5.48. The van der Waals surface area contributed by atoms with E-state index in [2.05, 4.69) is 44.2 Å². The summed E-state index contributed by atoms with van der Waals surface area (Å²) >= 11 is 0. The van der Waals surface area contributed by atoms with Crippen LogP contribution >= 0.6 is 0 Å². The molecule has 1 aromatic rings. The van der Waals surface area contributed by atoms with Gasteiger partial charge in [-0.3, -0.25) is 0 Å². The van der Waals surface area contributed by atoms with E-state index in [0.717, 1.165) is 31.2 Å². The van der Waals surface area contributed by atoms with Crippen molar-refractivity contribution in [3.63, 3.8) is 0 Å². The van der Waals surface area contributed by atoms with E-state index < -0.39 is 0 Å². The molecular formula is C13H21N. The molecule has 1 rings (SSSR count). The van der Waals surface area contributed by atoms with Crippen molar-refractivity contribution in [3.8, 4) is 0 Å². The molecule has 0 radical (unpaired) electrons. The number of benzene rings is 1. The maximum Gasteiger partial charge on any atom is -0.00744 e. The summed E-state index contributed by atoms with van der Waals surface area (Å²) in [6, 6.07) is 10.7. The zero-order chi connectivity index (χ0) is 10.4. The van der Waals surface area contributed by atoms with Gasteiger partial charge in [0.05, 0.1) is 0 Å². The molecule has 0 aromatic heterocycles. The van der Waals surface area contributed by atoms with Gasteiger partial charge in [0, 0.05) is 0 Å². The molecule has 1 unspecified atom stereocenters. The molecule has 14 heavy (non-hydrogen) atoms. The van der Waals surface area contributed by atoms with Gasteiger partial charge in [-0.2, -0.15) is 0 Å². The summed E-state index contributed by atoms with van der Waals surface area (Å²) in [7, 11) is 0. The molecule has 0 aliphatic heterocycles. The van der Waals surface area contributed by atoms with Crippen molar-refractivity contribution < 1.29 is 0 Å². The van der Waals surface area contributed by atoms with E-state index in [4.69, 9.17) is 5.73 Å². The van der Waals surface area contributed by atoms with E-state index in [0.29, 0.717) is 0 Å². The Bertz CT molecular complexity index is 241. The number of hydrogen-bond donors (Lipinski definition) is 1. The first-order valence-electron chi connectivity index (χ1n) is 5.48. The second kappa shape index (κ2) is 5.82. The summed E-state index contributed by atoms with van der Waals surface area (Å²) in [6.07, 6.45) is 2.29. The third-order valence-electron chi connectivity index (χ3n) is 2.82. The Morgan fingerprint density at radius 2 is 1.79 bits per heavy atom. The van der Waals surface area contributed by atoms with Crippen LogP contribution < -0.4 is 5.73 Å². The Morgan fingerprint density at radius 3 is 2.29 bits per heavy atom. The second-order valence-corrected chi connectivity index (χ2v) is 4.27. The molecule has 1 heteroatoms. The van der Waals surface area contributed by atoms with Crippen molar-refractivity contribution in [1.82, 2.24) is 0 Å². The molecule has 0 amide bonds. The Hall–Kier alpha value is -0.820. The Morgan fingerprint density at radius 1 is 1.14 bits per heavy atom. The van der Waals surface area contributed by atoms with Crippen LogP contribution in [0.1, 0.15) is 25.8 Å². The van der Waals surface area contributed by atoms with Gasteiger partial charge in [-0.25, -0.2) is 0 Å². The van der Waals surface area contributed by atoms with Gasteiger partial charge in [-0.05, 0) is 36.8 Å². The van der Waals surface area contributed by atoms with Crippen molar-refractivity contribution in [2.24, 2.45) is 17.6 Å². The van der Waals surface area contributed by atoms with Gasteiger partial charge in [-0.15, -0.1) is 0 Å². The van der Waals surface area contributed by atoms with Crippen molar-refractivity contribution in [2.75, 3.05) is 6.54 Å². The molecule has 0 aliphatic carbocycles. The Kier molecular flexibility index (Phi) is 4.68. The normalized spacial score (nSPS) is 13.1. The van der Waals surface area contributed by atoms with Gasteiger partial charge < -0.3 is 5.73 Å². The quantitative estimate of drug-likeness (QED) is 0.761. The largest absolute Gasteiger partial charge is 0.330 e. The SMILES string of the molecule is CC(C)C(CCN)Cc1ccccc1. The van der Waals surface area contributed by atoms with Crippen LogP contribution in [-0.4, -0.2) is 6.54 Å². The highest BCUT2D eigenvalue weighted by Gasteiger charge is 2.12. The lowest BCUT2D eigenvalue weighted by atomic mass is 9.87. The standard InChI is InChI=1S/C13H21N/c1-11(2)13(8-9-14)10-12-6-4-3-5-7-12/h3-7,11,13H,8-10,14H2,1-2H3. The summed E-state index contributed by atoms with van der Waals surface area (Å²) in [5.41, 5.74) is 7.05. The molecule has 78 valence electrons. The van der Waals surface area contributed by atoms with E-state index in [1.54, 1.807) is 0 Å². The predicted molar refractivity (Wildman–Crippen MR) is 62.1 cm³/mol. The zero-order valence-electron chi connectivity index (χ0n) is 9.24. The Balaban J connectivity index is 2.55. The molecular weight excluding hydrogens is 170 g/mol. The van der Waals surface area contributed by atoms with Crippen molar-refractivity contribution in [2.45, 2.75) is 26.7 Å². The zero-order valence-corrected chi connectivity index (χ0v) is 9.24. The molecule has 2 N–H and O–H groups in total. The van der Waals surface area contributed by atoms with Crippen LogP contribution in [0.4, 0.5) is 0 Å². The minimum Gasteiger partial charge on any atom is -0.330 e. The molecule has 0 saturated carbocycles. The van der Waals surface area contributed by atoms with E-state index in [1.807, 2.05) is 0 Å². The van der Waals surface area contributed by atoms with Gasteiger partial charge in [0.2, 0.25) is 0 Å². The minimum absolute atomic E-state index is 0.721. The van der Waals surface area contributed by atoms with Gasteiger partial charge in [0.15, 0.2) is 0 Å². The molecule has 1 aromatic carbocycles. The van der Waals surface area contributed by atoms with Crippen LogP contribution in [-0.2, 0) is 6.42 Å². The van der Waals surface area contributed by atoms with Crippen LogP contribution in [0.25, 0.3) is 0 Å². The lowest BCUT2D eigenvalue weighted by molar-refractivity contribution is 0.362. The number of rotatable bonds is 5. The average molecular weight is 191 g/mol. The van der Waals surface area contributed by atoms with E-state index in [-0.39, 0.29) is 0 Å². The lowest BCUT2D eigenvalue weighted by Gasteiger charge is -2.20. The Labute approximate surface area is 87.3 Å². The molecule has 0 saturated heterocycles. The van der Waals surface area contributed by atoms with Crippen molar-refractivity contribution >= 4 is 0 Å². The predicted octanol–water partition coefficient (Wildman–Crippen LogP) is 2.85. The monoisotopic (exact) mass is 191 g/mol. The topological polar surface area (TPSA) is 26.0 Å². The third kappa shape index (κ3) is 3.51. The van der Waals surface area contributed by atoms with Crippen LogP contribution in [0.15, 0.2) is 30.3 Å². The molecule has 0 spiro atoms. The van der Waals surface area contributed by atoms with Gasteiger partial charge >= 0.3 is 0 Å². The highest BCUT2D eigenvalue weighted by atomic mass is 14.5. The fourth-order valence-electron chi connectivity index (χ4n) is 1.80. The van der Waals surface area contributed by atoms with Crippen molar-refractivity contribution in [3.05, 3.63) is 35.9 Å². The summed E-state index contributed by atoms with van der Waals surface area (Å²) in [4.78, 5) is 0. The summed E-state index contributed by atoms with van der Waals surface area (Å²) in [5.74, 6) is 1.45. The van der Waals surface area contributed by atoms with Crippen LogP contribution in [0.3, 0.4) is 0 Å². The molecule has 1 atom stereocenters. The summed E-state index contributed by atoms with van der Waals surface area (Å²) < 4.78 is 0. The first kappa shape index (κ1) is 11.3. The second-order valence-electron chi connectivity index (χ2n) is 4.27. The highest BCUT2D eigenvalue weighted by molar-refractivity contribution is 5.15. The van der Waals surface area contributed by atoms with Crippen molar-refractivity contribution in [1.29, 1.82) is 0 Å². The van der Waals surface area contributed by atoms with Crippen LogP contribution in [0.2, 0.25) is 0 Å². The maximum absolute atomic E-state index is 5.62. The maximum atomic E-state index is 5.62. The van der Waals surface area contributed by atoms with Crippen LogP contribution in [0, 0.1) is 11.8 Å². The van der Waals surface area contributed by atoms with E-state index in [9.17, 15) is 0 Å². The molecule has 1 nitrogen and oxygen atoms in total. The number of hydrogen-bond acceptors (Lipinski definition) is 1. The molecule has 0 aliphatic rings. The van der Waals surface area contributed by atoms with Gasteiger partial charge in [0.1, 0.15) is 0 Å². The lowest BCUT2D eigenvalue weighted by Crippen LogP contribution is -2.16. The average Bonchev–Trinajstić information content (AvgIpc) is 2.18. The van der Waals surface area contributed by atoms with Gasteiger partial charge in [0.25, 0.3) is 0 Å². The summed E-state index contributed by atoms with van der Waals surface area (Å²) in [6.45, 7) is 5.36. The highest BCUT2D eigenvalue weighted by Crippen LogP contribution is 2.19. The third-order valence-corrected chi connectivity index (χ3v) is 2.82. The van der Waals surface area contributed by atoms with Crippen LogP contribution in [0.5, 0.6) is 0 Å². The fourth-order valence-corrected chi connectivity index (χ4v) is 1.80. The van der Waals surface area contributed by atoms with Gasteiger partial charge in [-0.1, -0.05) is 44.2 Å². The van der Waals surface area contributed by atoms with E-state index in [1.165, 1.54) is 5.56 Å². The summed E-state index contributed by atoms with van der Waals surface area (Å²) in [5, 5.41) is 0. The van der Waals surface area contributed by atoms with E-state index >= 15 is 0 Å². The number of nitrogens with two attached hydrogens (primary N) is 1. The molecule has 0 heterocycles. The smallest absolute Gasteiger partial charge is 0.00744 e. The molecule has 0 bridgehead atoms. The fraction of sp³-hybridized carbons (Fsp3) is 0.538.